The Morgan fingerprint density at radius 1 is 1.13 bits per heavy atom. The molecule has 0 aliphatic carbocycles. The van der Waals surface area contributed by atoms with E-state index in [-0.39, 0.29) is 0 Å². The zero-order valence-electron chi connectivity index (χ0n) is 14.2. The molecule has 23 heavy (non-hydrogen) atoms. The third kappa shape index (κ3) is 4.13. The van der Waals surface area contributed by atoms with Gasteiger partial charge in [-0.3, -0.25) is 0 Å². The fourth-order valence-electron chi connectivity index (χ4n) is 2.23. The second-order valence-corrected chi connectivity index (χ2v) is 5.21. The summed E-state index contributed by atoms with van der Waals surface area (Å²) in [6.07, 6.45) is 1.22. The third-order valence-corrected chi connectivity index (χ3v) is 3.57. The summed E-state index contributed by atoms with van der Waals surface area (Å²) in [6.45, 7) is 2.06. The van der Waals surface area contributed by atoms with E-state index in [1.165, 1.54) is 0 Å². The van der Waals surface area contributed by atoms with Gasteiger partial charge >= 0.3 is 0 Å². The van der Waals surface area contributed by atoms with Gasteiger partial charge in [0.1, 0.15) is 0 Å². The molecule has 1 N–H and O–H groups in total. The van der Waals surface area contributed by atoms with E-state index in [2.05, 4.69) is 22.4 Å². The summed E-state index contributed by atoms with van der Waals surface area (Å²) in [4.78, 5) is 4.42. The molecule has 0 aliphatic rings. The van der Waals surface area contributed by atoms with Gasteiger partial charge in [0, 0.05) is 12.5 Å². The Hall–Kier alpha value is -2.28. The molecule has 1 heterocycles. The summed E-state index contributed by atoms with van der Waals surface area (Å²) >= 11 is 0. The van der Waals surface area contributed by atoms with E-state index in [0.29, 0.717) is 41.4 Å². The molecule has 0 saturated carbocycles. The minimum Gasteiger partial charge on any atom is -0.493 e. The van der Waals surface area contributed by atoms with Gasteiger partial charge in [-0.05, 0) is 31.7 Å². The van der Waals surface area contributed by atoms with E-state index in [1.807, 2.05) is 19.2 Å². The second kappa shape index (κ2) is 7.82. The molecular formula is C16H23N3O4. The lowest BCUT2D eigenvalue weighted by Crippen LogP contribution is -2.24. The summed E-state index contributed by atoms with van der Waals surface area (Å²) in [5.74, 6) is 3.01. The van der Waals surface area contributed by atoms with Gasteiger partial charge in [0.2, 0.25) is 11.6 Å². The first-order chi connectivity index (χ1) is 11.1. The number of nitrogens with one attached hydrogen (secondary N) is 1. The van der Waals surface area contributed by atoms with Crippen molar-refractivity contribution >= 4 is 0 Å². The van der Waals surface area contributed by atoms with Gasteiger partial charge in [-0.2, -0.15) is 4.98 Å². The van der Waals surface area contributed by atoms with Gasteiger partial charge in [-0.15, -0.1) is 0 Å². The molecule has 7 nitrogen and oxygen atoms in total. The molecule has 126 valence electrons. The van der Waals surface area contributed by atoms with Gasteiger partial charge in [0.15, 0.2) is 17.3 Å². The fourth-order valence-corrected chi connectivity index (χ4v) is 2.23. The SMILES string of the molecule is CNC(C)Cc1noc(Cc2cc(OC)c(OC)c(OC)c2)n1. The molecule has 0 spiro atoms. The van der Waals surface area contributed by atoms with Crippen LogP contribution in [-0.4, -0.2) is 44.6 Å². The standard InChI is InChI=1S/C16H23N3O4/c1-10(17-2)6-14-18-15(23-19-14)9-11-7-12(20-3)16(22-5)13(8-11)21-4/h7-8,10,17H,6,9H2,1-5H3. The number of ether oxygens (including phenoxy) is 3. The first kappa shape index (κ1) is 17.1. The quantitative estimate of drug-likeness (QED) is 0.794. The van der Waals surface area contributed by atoms with Crippen LogP contribution in [0.3, 0.4) is 0 Å². The van der Waals surface area contributed by atoms with Crippen LogP contribution in [0.25, 0.3) is 0 Å². The van der Waals surface area contributed by atoms with Gasteiger partial charge in [-0.1, -0.05) is 5.16 Å². The number of benzene rings is 1. The van der Waals surface area contributed by atoms with E-state index in [4.69, 9.17) is 18.7 Å². The Bertz CT molecular complexity index is 617. The number of rotatable bonds is 8. The maximum absolute atomic E-state index is 5.35. The molecule has 2 aromatic rings. The molecule has 1 atom stereocenters. The van der Waals surface area contributed by atoms with Gasteiger partial charge < -0.3 is 24.1 Å². The van der Waals surface area contributed by atoms with Crippen molar-refractivity contribution in [3.05, 3.63) is 29.4 Å². The molecule has 7 heteroatoms. The number of nitrogens with zero attached hydrogens (tertiary/aromatic N) is 2. The summed E-state index contributed by atoms with van der Waals surface area (Å²) in [5, 5.41) is 7.15. The van der Waals surface area contributed by atoms with Crippen LogP contribution in [0, 0.1) is 0 Å². The van der Waals surface area contributed by atoms with Crippen molar-refractivity contribution in [3.63, 3.8) is 0 Å². The van der Waals surface area contributed by atoms with Crippen molar-refractivity contribution < 1.29 is 18.7 Å². The van der Waals surface area contributed by atoms with Crippen LogP contribution in [0.2, 0.25) is 0 Å². The molecule has 0 fully saturated rings. The minimum absolute atomic E-state index is 0.293. The van der Waals surface area contributed by atoms with Crippen molar-refractivity contribution in [2.45, 2.75) is 25.8 Å². The highest BCUT2D eigenvalue weighted by Gasteiger charge is 2.15. The number of hydrogen-bond acceptors (Lipinski definition) is 7. The molecule has 1 aromatic heterocycles. The lowest BCUT2D eigenvalue weighted by Gasteiger charge is -2.13. The molecule has 0 bridgehead atoms. The van der Waals surface area contributed by atoms with Crippen LogP contribution in [-0.2, 0) is 12.8 Å². The number of methoxy groups -OCH3 is 3. The van der Waals surface area contributed by atoms with Gasteiger partial charge in [0.25, 0.3) is 0 Å². The van der Waals surface area contributed by atoms with E-state index in [1.54, 1.807) is 21.3 Å². The summed E-state index contributed by atoms with van der Waals surface area (Å²) in [6, 6.07) is 4.05. The number of aromatic nitrogens is 2. The fraction of sp³-hybridized carbons (Fsp3) is 0.500. The first-order valence-electron chi connectivity index (χ1n) is 7.38. The van der Waals surface area contributed by atoms with Crippen LogP contribution in [0.1, 0.15) is 24.2 Å². The second-order valence-electron chi connectivity index (χ2n) is 5.21. The van der Waals surface area contributed by atoms with Crippen molar-refractivity contribution in [1.82, 2.24) is 15.5 Å². The Morgan fingerprint density at radius 3 is 2.30 bits per heavy atom. The molecule has 0 radical (unpaired) electrons. The molecule has 0 saturated heterocycles. The van der Waals surface area contributed by atoms with E-state index in [9.17, 15) is 0 Å². The van der Waals surface area contributed by atoms with Crippen LogP contribution in [0.5, 0.6) is 17.2 Å². The lowest BCUT2D eigenvalue weighted by atomic mass is 10.1. The number of likely N-dealkylation sites (N-methyl/N-ethyl adjacent to an activating group) is 1. The van der Waals surface area contributed by atoms with Crippen LogP contribution in [0.4, 0.5) is 0 Å². The first-order valence-corrected chi connectivity index (χ1v) is 7.38. The molecular weight excluding hydrogens is 298 g/mol. The summed E-state index contributed by atoms with van der Waals surface area (Å²) in [7, 11) is 6.66. The minimum atomic E-state index is 0.293. The number of hydrogen-bond donors (Lipinski definition) is 1. The molecule has 1 unspecified atom stereocenters. The molecule has 1 aromatic carbocycles. The van der Waals surface area contributed by atoms with E-state index < -0.39 is 0 Å². The van der Waals surface area contributed by atoms with Crippen LogP contribution >= 0.6 is 0 Å². The Kier molecular flexibility index (Phi) is 5.81. The Balaban J connectivity index is 2.20. The van der Waals surface area contributed by atoms with E-state index >= 15 is 0 Å². The average Bonchev–Trinajstić information content (AvgIpc) is 3.00. The highest BCUT2D eigenvalue weighted by molar-refractivity contribution is 5.54. The molecule has 0 amide bonds. The molecule has 0 aliphatic heterocycles. The largest absolute Gasteiger partial charge is 0.493 e. The van der Waals surface area contributed by atoms with Crippen molar-refractivity contribution in [1.29, 1.82) is 0 Å². The zero-order valence-corrected chi connectivity index (χ0v) is 14.2. The smallest absolute Gasteiger partial charge is 0.231 e. The van der Waals surface area contributed by atoms with Crippen molar-refractivity contribution in [2.24, 2.45) is 0 Å². The normalized spacial score (nSPS) is 12.0. The highest BCUT2D eigenvalue weighted by atomic mass is 16.5. The maximum atomic E-state index is 5.35. The van der Waals surface area contributed by atoms with Crippen LogP contribution in [0.15, 0.2) is 16.7 Å². The predicted molar refractivity (Wildman–Crippen MR) is 85.4 cm³/mol. The monoisotopic (exact) mass is 321 g/mol. The summed E-state index contributed by atoms with van der Waals surface area (Å²) in [5.41, 5.74) is 0.941. The van der Waals surface area contributed by atoms with E-state index in [0.717, 1.165) is 12.0 Å². The van der Waals surface area contributed by atoms with Gasteiger partial charge in [-0.25, -0.2) is 0 Å². The third-order valence-electron chi connectivity index (χ3n) is 3.57. The van der Waals surface area contributed by atoms with Crippen molar-refractivity contribution in [3.8, 4) is 17.2 Å². The highest BCUT2D eigenvalue weighted by Crippen LogP contribution is 2.38. The summed E-state index contributed by atoms with van der Waals surface area (Å²) < 4.78 is 21.3. The average molecular weight is 321 g/mol. The topological polar surface area (TPSA) is 78.6 Å². The molecule has 2 rings (SSSR count). The van der Waals surface area contributed by atoms with Crippen molar-refractivity contribution in [2.75, 3.05) is 28.4 Å². The Morgan fingerprint density at radius 2 is 1.78 bits per heavy atom. The zero-order chi connectivity index (χ0) is 16.8. The predicted octanol–water partition coefficient (Wildman–Crippen LogP) is 1.84. The maximum Gasteiger partial charge on any atom is 0.231 e. The Labute approximate surface area is 135 Å². The van der Waals surface area contributed by atoms with Gasteiger partial charge in [0.05, 0.1) is 27.8 Å². The lowest BCUT2D eigenvalue weighted by molar-refractivity contribution is 0.323. The van der Waals surface area contributed by atoms with Crippen LogP contribution < -0.4 is 19.5 Å².